The van der Waals surface area contributed by atoms with Gasteiger partial charge in [-0.1, -0.05) is 18.2 Å². The van der Waals surface area contributed by atoms with Crippen molar-refractivity contribution in [2.75, 3.05) is 39.6 Å². The van der Waals surface area contributed by atoms with E-state index in [2.05, 4.69) is 5.32 Å². The van der Waals surface area contributed by atoms with E-state index in [0.29, 0.717) is 0 Å². The summed E-state index contributed by atoms with van der Waals surface area (Å²) in [5, 5.41) is 2.74. The van der Waals surface area contributed by atoms with Gasteiger partial charge in [-0.2, -0.15) is 13.2 Å². The van der Waals surface area contributed by atoms with Gasteiger partial charge in [-0.15, -0.1) is 0 Å². The van der Waals surface area contributed by atoms with Crippen molar-refractivity contribution in [3.63, 3.8) is 0 Å². The highest BCUT2D eigenvalue weighted by Crippen LogP contribution is 2.29. The molecule has 0 radical (unpaired) electrons. The third-order valence-corrected chi connectivity index (χ3v) is 4.33. The van der Waals surface area contributed by atoms with Gasteiger partial charge >= 0.3 is 6.18 Å². The Bertz CT molecular complexity index is 771. The number of hydrogen-bond acceptors (Lipinski definition) is 3. The fraction of sp³-hybridized carbons (Fsp3) is 0.350. The zero-order valence-electron chi connectivity index (χ0n) is 15.8. The van der Waals surface area contributed by atoms with Gasteiger partial charge in [-0.05, 0) is 50.0 Å². The molecule has 0 aromatic heterocycles. The van der Waals surface area contributed by atoms with Gasteiger partial charge in [0.05, 0.1) is 11.6 Å². The van der Waals surface area contributed by atoms with Crippen LogP contribution >= 0.6 is 0 Å². The summed E-state index contributed by atoms with van der Waals surface area (Å²) in [6.07, 6.45) is -4.48. The molecule has 0 bridgehead atoms. The Kier molecular flexibility index (Phi) is 6.49. The first-order valence-corrected chi connectivity index (χ1v) is 8.48. The summed E-state index contributed by atoms with van der Waals surface area (Å²) in [7, 11) is 7.68. The second-order valence-corrected chi connectivity index (χ2v) is 6.75. The number of carbonyl (C=O) groups excluding carboxylic acids is 1. The molecule has 146 valence electrons. The molecule has 0 aliphatic carbocycles. The van der Waals surface area contributed by atoms with Gasteiger partial charge in [0.2, 0.25) is 0 Å². The highest BCUT2D eigenvalue weighted by molar-refractivity contribution is 5.94. The molecule has 2 rings (SSSR count). The predicted octanol–water partition coefficient (Wildman–Crippen LogP) is 3.80. The Labute approximate surface area is 157 Å². The van der Waals surface area contributed by atoms with Gasteiger partial charge < -0.3 is 15.1 Å². The van der Waals surface area contributed by atoms with Crippen molar-refractivity contribution >= 4 is 11.6 Å². The number of nitrogens with one attached hydrogen (secondary N) is 1. The minimum Gasteiger partial charge on any atom is -0.378 e. The number of nitrogens with zero attached hydrogens (tertiary/aromatic N) is 2. The summed E-state index contributed by atoms with van der Waals surface area (Å²) in [6, 6.07) is 12.3. The predicted molar refractivity (Wildman–Crippen MR) is 101 cm³/mol. The molecule has 2 aromatic rings. The van der Waals surface area contributed by atoms with E-state index in [9.17, 15) is 18.0 Å². The fourth-order valence-electron chi connectivity index (χ4n) is 2.72. The summed E-state index contributed by atoms with van der Waals surface area (Å²) in [5.74, 6) is -0.530. The molecule has 7 heteroatoms. The van der Waals surface area contributed by atoms with Crippen LogP contribution in [0.15, 0.2) is 48.5 Å². The summed E-state index contributed by atoms with van der Waals surface area (Å²) < 4.78 is 38.5. The van der Waals surface area contributed by atoms with Crippen LogP contribution in [0.1, 0.15) is 27.5 Å². The molecule has 0 spiro atoms. The minimum atomic E-state index is -4.48. The molecule has 4 nitrogen and oxygen atoms in total. The number of likely N-dealkylation sites (N-methyl/N-ethyl adjacent to an activating group) is 1. The van der Waals surface area contributed by atoms with Gasteiger partial charge in [0.15, 0.2) is 0 Å². The smallest absolute Gasteiger partial charge is 0.378 e. The van der Waals surface area contributed by atoms with Gasteiger partial charge in [0.25, 0.3) is 5.91 Å². The van der Waals surface area contributed by atoms with Crippen LogP contribution < -0.4 is 10.2 Å². The molecule has 1 unspecified atom stereocenters. The molecular weight excluding hydrogens is 355 g/mol. The molecule has 1 amide bonds. The van der Waals surface area contributed by atoms with Crippen LogP contribution in [0.3, 0.4) is 0 Å². The summed E-state index contributed by atoms with van der Waals surface area (Å²) in [5.41, 5.74) is 1.23. The van der Waals surface area contributed by atoms with E-state index >= 15 is 0 Å². The van der Waals surface area contributed by atoms with Crippen molar-refractivity contribution in [3.05, 3.63) is 65.2 Å². The number of halogens is 3. The molecule has 2 aromatic carbocycles. The molecule has 27 heavy (non-hydrogen) atoms. The van der Waals surface area contributed by atoms with E-state index in [0.717, 1.165) is 23.4 Å². The second-order valence-electron chi connectivity index (χ2n) is 6.75. The molecule has 0 aliphatic heterocycles. The van der Waals surface area contributed by atoms with Crippen LogP contribution in [-0.2, 0) is 6.18 Å². The molecular formula is C20H24F3N3O. The topological polar surface area (TPSA) is 35.6 Å². The SMILES string of the molecule is CN(C)c1ccc(C(CNC(=O)c2cccc(C(F)(F)F)c2)N(C)C)cc1. The van der Waals surface area contributed by atoms with Gasteiger partial charge in [-0.25, -0.2) is 0 Å². The van der Waals surface area contributed by atoms with Crippen molar-refractivity contribution in [2.45, 2.75) is 12.2 Å². The highest BCUT2D eigenvalue weighted by Gasteiger charge is 2.31. The third kappa shape index (κ3) is 5.47. The van der Waals surface area contributed by atoms with E-state index in [1.54, 1.807) is 0 Å². The van der Waals surface area contributed by atoms with Crippen LogP contribution in [0.2, 0.25) is 0 Å². The zero-order valence-corrected chi connectivity index (χ0v) is 15.8. The van der Waals surface area contributed by atoms with E-state index in [4.69, 9.17) is 0 Å². The number of carbonyl (C=O) groups is 1. The maximum absolute atomic E-state index is 12.8. The summed E-state index contributed by atoms with van der Waals surface area (Å²) >= 11 is 0. The molecule has 1 atom stereocenters. The van der Waals surface area contributed by atoms with Crippen LogP contribution in [0, 0.1) is 0 Å². The maximum atomic E-state index is 12.8. The van der Waals surface area contributed by atoms with Crippen LogP contribution in [0.5, 0.6) is 0 Å². The van der Waals surface area contributed by atoms with E-state index in [-0.39, 0.29) is 18.2 Å². The summed E-state index contributed by atoms with van der Waals surface area (Å²) in [4.78, 5) is 16.3. The van der Waals surface area contributed by atoms with E-state index < -0.39 is 17.6 Å². The van der Waals surface area contributed by atoms with Crippen molar-refractivity contribution < 1.29 is 18.0 Å². The first-order valence-electron chi connectivity index (χ1n) is 8.48. The number of alkyl halides is 3. The Morgan fingerprint density at radius 1 is 1.04 bits per heavy atom. The lowest BCUT2D eigenvalue weighted by Crippen LogP contribution is -2.34. The second kappa shape index (κ2) is 8.43. The first kappa shape index (κ1) is 20.8. The fourth-order valence-corrected chi connectivity index (χ4v) is 2.72. The number of hydrogen-bond donors (Lipinski definition) is 1. The van der Waals surface area contributed by atoms with Crippen molar-refractivity contribution in [2.24, 2.45) is 0 Å². The molecule has 0 saturated heterocycles. The normalized spacial score (nSPS) is 12.7. The number of benzene rings is 2. The van der Waals surface area contributed by atoms with Crippen LogP contribution in [-0.4, -0.2) is 45.5 Å². The Morgan fingerprint density at radius 2 is 1.67 bits per heavy atom. The van der Waals surface area contributed by atoms with Gasteiger partial charge in [0.1, 0.15) is 0 Å². The Hall–Kier alpha value is -2.54. The highest BCUT2D eigenvalue weighted by atomic mass is 19.4. The standard InChI is InChI=1S/C20H24F3N3O/c1-25(2)17-10-8-14(9-11-17)18(26(3)4)13-24-19(27)15-6-5-7-16(12-15)20(21,22)23/h5-12,18H,13H2,1-4H3,(H,24,27). The van der Waals surface area contributed by atoms with Crippen molar-refractivity contribution in [1.82, 2.24) is 10.2 Å². The maximum Gasteiger partial charge on any atom is 0.416 e. The molecule has 0 fully saturated rings. The molecule has 0 saturated carbocycles. The largest absolute Gasteiger partial charge is 0.416 e. The van der Waals surface area contributed by atoms with Gasteiger partial charge in [0, 0.05) is 31.9 Å². The zero-order chi connectivity index (χ0) is 20.2. The summed E-state index contributed by atoms with van der Waals surface area (Å²) in [6.45, 7) is 0.281. The average Bonchev–Trinajstić information content (AvgIpc) is 2.61. The first-order chi connectivity index (χ1) is 12.6. The quantitative estimate of drug-likeness (QED) is 0.829. The monoisotopic (exact) mass is 379 g/mol. The van der Waals surface area contributed by atoms with Crippen molar-refractivity contribution in [3.8, 4) is 0 Å². The minimum absolute atomic E-state index is 0.00899. The lowest BCUT2D eigenvalue weighted by Gasteiger charge is -2.26. The lowest BCUT2D eigenvalue weighted by molar-refractivity contribution is -0.137. The number of amides is 1. The molecule has 1 N–H and O–H groups in total. The van der Waals surface area contributed by atoms with Crippen LogP contribution in [0.4, 0.5) is 18.9 Å². The Morgan fingerprint density at radius 3 is 2.19 bits per heavy atom. The molecule has 0 aliphatic rings. The number of rotatable bonds is 6. The van der Waals surface area contributed by atoms with E-state index in [1.807, 2.05) is 62.3 Å². The van der Waals surface area contributed by atoms with E-state index in [1.165, 1.54) is 12.1 Å². The Balaban J connectivity index is 2.11. The third-order valence-electron chi connectivity index (χ3n) is 4.33. The van der Waals surface area contributed by atoms with Gasteiger partial charge in [-0.3, -0.25) is 4.79 Å². The number of anilines is 1. The van der Waals surface area contributed by atoms with Crippen molar-refractivity contribution in [1.29, 1.82) is 0 Å². The van der Waals surface area contributed by atoms with Crippen LogP contribution in [0.25, 0.3) is 0 Å². The molecule has 0 heterocycles. The lowest BCUT2D eigenvalue weighted by atomic mass is 10.0. The average molecular weight is 379 g/mol.